The van der Waals surface area contributed by atoms with Crippen LogP contribution in [0.4, 0.5) is 0 Å². The molecule has 3 rings (SSSR count). The summed E-state index contributed by atoms with van der Waals surface area (Å²) in [5, 5.41) is 3.21. The molecule has 0 unspecified atom stereocenters. The van der Waals surface area contributed by atoms with Gasteiger partial charge >= 0.3 is 0 Å². The van der Waals surface area contributed by atoms with Crippen LogP contribution in [0.15, 0.2) is 18.6 Å². The van der Waals surface area contributed by atoms with Gasteiger partial charge in [0, 0.05) is 25.5 Å². The van der Waals surface area contributed by atoms with E-state index in [0.717, 1.165) is 32.1 Å². The van der Waals surface area contributed by atoms with Crippen LogP contribution in [-0.2, 0) is 4.79 Å². The van der Waals surface area contributed by atoms with Crippen molar-refractivity contribution in [3.63, 3.8) is 0 Å². The van der Waals surface area contributed by atoms with E-state index in [0.29, 0.717) is 18.5 Å². The van der Waals surface area contributed by atoms with Crippen LogP contribution in [0.25, 0.3) is 0 Å². The molecule has 2 saturated carbocycles. The second kappa shape index (κ2) is 7.28. The minimum atomic E-state index is -0.755. The lowest BCUT2D eigenvalue weighted by Gasteiger charge is -2.43. The van der Waals surface area contributed by atoms with E-state index >= 15 is 0 Å². The largest absolute Gasteiger partial charge is 0.351 e. The highest BCUT2D eigenvalue weighted by atomic mass is 16.2. The van der Waals surface area contributed by atoms with Gasteiger partial charge in [0.2, 0.25) is 5.91 Å². The Morgan fingerprint density at radius 3 is 2.46 bits per heavy atom. The number of nitrogens with zero attached hydrogens (tertiary/aromatic N) is 3. The van der Waals surface area contributed by atoms with Gasteiger partial charge < -0.3 is 10.2 Å². The Morgan fingerprint density at radius 2 is 1.83 bits per heavy atom. The average molecular weight is 330 g/mol. The Kier molecular flexibility index (Phi) is 5.11. The molecule has 6 nitrogen and oxygen atoms in total. The van der Waals surface area contributed by atoms with E-state index in [1.54, 1.807) is 18.1 Å². The fraction of sp³-hybridized carbons (Fsp3) is 0.667. The van der Waals surface area contributed by atoms with Crippen molar-refractivity contribution in [3.05, 3.63) is 24.3 Å². The summed E-state index contributed by atoms with van der Waals surface area (Å²) in [5.74, 6) is -0.222. The maximum atomic E-state index is 13.1. The summed E-state index contributed by atoms with van der Waals surface area (Å²) < 4.78 is 0. The molecule has 0 radical (unpaired) electrons. The van der Waals surface area contributed by atoms with Gasteiger partial charge in [-0.05, 0) is 25.7 Å². The number of amides is 2. The summed E-state index contributed by atoms with van der Waals surface area (Å²) in [6.45, 7) is 0. The summed E-state index contributed by atoms with van der Waals surface area (Å²) in [6.07, 6.45) is 13.4. The third-order valence-electron chi connectivity index (χ3n) is 5.52. The molecule has 2 aliphatic carbocycles. The molecule has 2 amide bonds. The van der Waals surface area contributed by atoms with Crippen molar-refractivity contribution in [3.8, 4) is 0 Å². The molecule has 1 aromatic rings. The van der Waals surface area contributed by atoms with Gasteiger partial charge in [-0.15, -0.1) is 0 Å². The zero-order valence-electron chi connectivity index (χ0n) is 14.3. The highest BCUT2D eigenvalue weighted by Crippen LogP contribution is 2.34. The molecule has 24 heavy (non-hydrogen) atoms. The molecule has 0 spiro atoms. The highest BCUT2D eigenvalue weighted by Gasteiger charge is 2.46. The first-order chi connectivity index (χ1) is 11.6. The van der Waals surface area contributed by atoms with E-state index in [9.17, 15) is 9.59 Å². The average Bonchev–Trinajstić information content (AvgIpc) is 3.14. The summed E-state index contributed by atoms with van der Waals surface area (Å²) in [4.78, 5) is 35.6. The van der Waals surface area contributed by atoms with Crippen LogP contribution in [-0.4, -0.2) is 45.3 Å². The molecule has 2 fully saturated rings. The van der Waals surface area contributed by atoms with Crippen LogP contribution in [0.3, 0.4) is 0 Å². The zero-order valence-corrected chi connectivity index (χ0v) is 14.3. The van der Waals surface area contributed by atoms with Gasteiger partial charge in [0.05, 0.1) is 6.20 Å². The molecular formula is C18H26N4O2. The van der Waals surface area contributed by atoms with Crippen molar-refractivity contribution in [2.75, 3.05) is 7.05 Å². The molecule has 1 N–H and O–H groups in total. The normalized spacial score (nSPS) is 20.5. The standard InChI is InChI=1S/C18H26N4O2/c1-22(16(23)15-13-19-11-12-20-15)18(9-5-2-6-10-18)17(24)21-14-7-3-4-8-14/h11-14H,2-10H2,1H3,(H,21,24). The second-order valence-corrected chi connectivity index (χ2v) is 7.00. The van der Waals surface area contributed by atoms with E-state index in [-0.39, 0.29) is 17.9 Å². The van der Waals surface area contributed by atoms with Gasteiger partial charge in [-0.25, -0.2) is 4.98 Å². The fourth-order valence-electron chi connectivity index (χ4n) is 4.02. The molecule has 0 bridgehead atoms. The summed E-state index contributed by atoms with van der Waals surface area (Å²) in [7, 11) is 1.73. The summed E-state index contributed by atoms with van der Waals surface area (Å²) in [6, 6.07) is 0.260. The SMILES string of the molecule is CN(C(=O)c1cnccn1)C1(C(=O)NC2CCCC2)CCCCC1. The van der Waals surface area contributed by atoms with Crippen LogP contribution < -0.4 is 5.32 Å². The second-order valence-electron chi connectivity index (χ2n) is 7.00. The molecule has 0 saturated heterocycles. The zero-order chi connectivity index (χ0) is 17.0. The van der Waals surface area contributed by atoms with Gasteiger partial charge in [0.25, 0.3) is 5.91 Å². The van der Waals surface area contributed by atoms with Crippen LogP contribution in [0.5, 0.6) is 0 Å². The highest BCUT2D eigenvalue weighted by molar-refractivity contribution is 5.97. The number of aromatic nitrogens is 2. The van der Waals surface area contributed by atoms with Crippen molar-refractivity contribution >= 4 is 11.8 Å². The summed E-state index contributed by atoms with van der Waals surface area (Å²) in [5.41, 5.74) is -0.464. The van der Waals surface area contributed by atoms with Gasteiger partial charge in [0.1, 0.15) is 11.2 Å². The number of hydrogen-bond acceptors (Lipinski definition) is 4. The van der Waals surface area contributed by atoms with Crippen LogP contribution in [0, 0.1) is 0 Å². The lowest BCUT2D eigenvalue weighted by molar-refractivity contribution is -0.134. The maximum Gasteiger partial charge on any atom is 0.274 e. The fourth-order valence-corrected chi connectivity index (χ4v) is 4.02. The van der Waals surface area contributed by atoms with Gasteiger partial charge in [-0.1, -0.05) is 32.1 Å². The van der Waals surface area contributed by atoms with Gasteiger partial charge in [-0.3, -0.25) is 14.6 Å². The third-order valence-corrected chi connectivity index (χ3v) is 5.52. The topological polar surface area (TPSA) is 75.2 Å². The monoisotopic (exact) mass is 330 g/mol. The first-order valence-corrected chi connectivity index (χ1v) is 8.99. The quantitative estimate of drug-likeness (QED) is 0.919. The number of likely N-dealkylation sites (N-methyl/N-ethyl adjacent to an activating group) is 1. The molecule has 0 atom stereocenters. The molecule has 0 aliphatic heterocycles. The Labute approximate surface area is 143 Å². The molecular weight excluding hydrogens is 304 g/mol. The molecule has 0 aromatic carbocycles. The van der Waals surface area contributed by atoms with Gasteiger partial charge in [0.15, 0.2) is 0 Å². The minimum Gasteiger partial charge on any atom is -0.351 e. The molecule has 1 heterocycles. The van der Waals surface area contributed by atoms with Crippen molar-refractivity contribution in [1.82, 2.24) is 20.2 Å². The maximum absolute atomic E-state index is 13.1. The number of rotatable bonds is 4. The molecule has 2 aliphatic rings. The Balaban J connectivity index is 1.81. The van der Waals surface area contributed by atoms with E-state index in [1.807, 2.05) is 0 Å². The minimum absolute atomic E-state index is 0.00819. The first-order valence-electron chi connectivity index (χ1n) is 8.99. The van der Waals surface area contributed by atoms with E-state index < -0.39 is 5.54 Å². The van der Waals surface area contributed by atoms with Gasteiger partial charge in [-0.2, -0.15) is 0 Å². The van der Waals surface area contributed by atoms with E-state index in [4.69, 9.17) is 0 Å². The lowest BCUT2D eigenvalue weighted by atomic mass is 9.79. The first kappa shape index (κ1) is 16.9. The Bertz CT molecular complexity index is 578. The van der Waals surface area contributed by atoms with Crippen LogP contribution >= 0.6 is 0 Å². The van der Waals surface area contributed by atoms with Crippen molar-refractivity contribution in [2.24, 2.45) is 0 Å². The van der Waals surface area contributed by atoms with Crippen LogP contribution in [0.2, 0.25) is 0 Å². The smallest absolute Gasteiger partial charge is 0.274 e. The molecule has 1 aromatic heterocycles. The predicted molar refractivity (Wildman–Crippen MR) is 90.3 cm³/mol. The molecule has 130 valence electrons. The number of carbonyl (C=O) groups is 2. The number of carbonyl (C=O) groups excluding carboxylic acids is 2. The number of nitrogens with one attached hydrogen (secondary N) is 1. The van der Waals surface area contributed by atoms with Crippen molar-refractivity contribution in [2.45, 2.75) is 69.4 Å². The Morgan fingerprint density at radius 1 is 1.12 bits per heavy atom. The predicted octanol–water partition coefficient (Wildman–Crippen LogP) is 2.31. The summed E-state index contributed by atoms with van der Waals surface area (Å²) >= 11 is 0. The van der Waals surface area contributed by atoms with Crippen LogP contribution in [0.1, 0.15) is 68.3 Å². The van der Waals surface area contributed by atoms with Crippen molar-refractivity contribution < 1.29 is 9.59 Å². The third kappa shape index (κ3) is 3.28. The number of hydrogen-bond donors (Lipinski definition) is 1. The van der Waals surface area contributed by atoms with Crippen molar-refractivity contribution in [1.29, 1.82) is 0 Å². The molecule has 6 heteroatoms. The van der Waals surface area contributed by atoms with E-state index in [1.165, 1.54) is 25.2 Å². The lowest BCUT2D eigenvalue weighted by Crippen LogP contribution is -2.61. The Hall–Kier alpha value is -1.98. The van der Waals surface area contributed by atoms with E-state index in [2.05, 4.69) is 15.3 Å².